The molecule has 0 fully saturated rings. The van der Waals surface area contributed by atoms with Gasteiger partial charge in [0.25, 0.3) is 5.91 Å². The first-order valence-corrected chi connectivity index (χ1v) is 7.91. The molecule has 1 unspecified atom stereocenters. The first-order valence-electron chi connectivity index (χ1n) is 7.91. The normalized spacial score (nSPS) is 12.3. The topological polar surface area (TPSA) is 61.4 Å². The van der Waals surface area contributed by atoms with E-state index < -0.39 is 29.1 Å². The summed E-state index contributed by atoms with van der Waals surface area (Å²) in [6.07, 6.45) is 0.763. The Morgan fingerprint density at radius 3 is 2.25 bits per heavy atom. The zero-order valence-electron chi connectivity index (χ0n) is 14.5. The average Bonchev–Trinajstić information content (AvgIpc) is 2.48. The van der Waals surface area contributed by atoms with Crippen molar-refractivity contribution in [1.82, 2.24) is 15.5 Å². The Kier molecular flexibility index (Phi) is 7.78. The number of hydrogen-bond acceptors (Lipinski definition) is 3. The van der Waals surface area contributed by atoms with E-state index in [1.165, 1.54) is 6.07 Å². The molecule has 24 heavy (non-hydrogen) atoms. The van der Waals surface area contributed by atoms with Crippen molar-refractivity contribution in [3.8, 4) is 0 Å². The first kappa shape index (κ1) is 20.0. The van der Waals surface area contributed by atoms with Crippen LogP contribution in [0.4, 0.5) is 8.78 Å². The minimum absolute atomic E-state index is 0.224. The van der Waals surface area contributed by atoms with Crippen LogP contribution >= 0.6 is 0 Å². The number of carbonyl (C=O) groups is 2. The summed E-state index contributed by atoms with van der Waals surface area (Å²) < 4.78 is 27.3. The van der Waals surface area contributed by atoms with E-state index in [2.05, 4.69) is 10.6 Å². The van der Waals surface area contributed by atoms with Gasteiger partial charge in [0.1, 0.15) is 23.2 Å². The Morgan fingerprint density at radius 2 is 1.75 bits per heavy atom. The molecule has 1 aromatic rings. The zero-order valence-corrected chi connectivity index (χ0v) is 14.5. The maximum absolute atomic E-state index is 13.7. The van der Waals surface area contributed by atoms with Gasteiger partial charge in [-0.05, 0) is 45.1 Å². The van der Waals surface area contributed by atoms with Gasteiger partial charge in [0, 0.05) is 6.54 Å². The van der Waals surface area contributed by atoms with Crippen molar-refractivity contribution in [2.75, 3.05) is 27.2 Å². The maximum Gasteiger partial charge on any atom is 0.257 e. The van der Waals surface area contributed by atoms with Crippen LogP contribution in [0.2, 0.25) is 0 Å². The molecular weight excluding hydrogens is 316 g/mol. The lowest BCUT2D eigenvalue weighted by atomic mass is 10.0. The highest BCUT2D eigenvalue weighted by Gasteiger charge is 2.26. The van der Waals surface area contributed by atoms with Crippen molar-refractivity contribution in [2.45, 2.75) is 26.3 Å². The lowest BCUT2D eigenvalue weighted by molar-refractivity contribution is -0.123. The first-order chi connectivity index (χ1) is 11.2. The molecule has 0 aliphatic heterocycles. The van der Waals surface area contributed by atoms with E-state index >= 15 is 0 Å². The molecule has 5 nitrogen and oxygen atoms in total. The van der Waals surface area contributed by atoms with Gasteiger partial charge in [0.15, 0.2) is 0 Å². The predicted molar refractivity (Wildman–Crippen MR) is 88.6 cm³/mol. The molecule has 0 heterocycles. The van der Waals surface area contributed by atoms with E-state index in [4.69, 9.17) is 0 Å². The van der Waals surface area contributed by atoms with Crippen LogP contribution in [0.5, 0.6) is 0 Å². The van der Waals surface area contributed by atoms with Crippen LogP contribution in [0, 0.1) is 17.6 Å². The van der Waals surface area contributed by atoms with E-state index in [1.54, 1.807) is 13.8 Å². The third-order valence-corrected chi connectivity index (χ3v) is 3.51. The standard InChI is InChI=1S/C17H25F2N3O2/c1-11(2)15(17(24)20-9-6-10-22(3)4)21-16(23)14-12(18)7-5-8-13(14)19/h5,7-8,11,15H,6,9-10H2,1-4H3,(H,20,24)(H,21,23). The molecule has 0 aromatic heterocycles. The summed E-state index contributed by atoms with van der Waals surface area (Å²) in [6.45, 7) is 4.79. The van der Waals surface area contributed by atoms with Crippen LogP contribution in [0.3, 0.4) is 0 Å². The van der Waals surface area contributed by atoms with E-state index in [1.807, 2.05) is 19.0 Å². The van der Waals surface area contributed by atoms with Crippen LogP contribution in [0.1, 0.15) is 30.6 Å². The van der Waals surface area contributed by atoms with Gasteiger partial charge in [-0.25, -0.2) is 8.78 Å². The zero-order chi connectivity index (χ0) is 18.3. The van der Waals surface area contributed by atoms with Crippen LogP contribution in [0.15, 0.2) is 18.2 Å². The van der Waals surface area contributed by atoms with Gasteiger partial charge in [-0.2, -0.15) is 0 Å². The Bertz CT molecular complexity index is 557. The molecule has 134 valence electrons. The number of hydrogen-bond donors (Lipinski definition) is 2. The summed E-state index contributed by atoms with van der Waals surface area (Å²) in [7, 11) is 3.86. The molecule has 0 saturated heterocycles. The predicted octanol–water partition coefficient (Wildman–Crippen LogP) is 1.79. The highest BCUT2D eigenvalue weighted by Crippen LogP contribution is 2.13. The van der Waals surface area contributed by atoms with Crippen molar-refractivity contribution in [3.05, 3.63) is 35.4 Å². The molecule has 1 atom stereocenters. The van der Waals surface area contributed by atoms with Crippen LogP contribution in [0.25, 0.3) is 0 Å². The highest BCUT2D eigenvalue weighted by molar-refractivity contribution is 5.98. The van der Waals surface area contributed by atoms with Gasteiger partial charge in [-0.1, -0.05) is 19.9 Å². The second kappa shape index (κ2) is 9.32. The Balaban J connectivity index is 2.72. The molecule has 1 rings (SSSR count). The Labute approximate surface area is 141 Å². The average molecular weight is 341 g/mol. The number of amides is 2. The molecule has 2 amide bonds. The number of nitrogens with one attached hydrogen (secondary N) is 2. The lowest BCUT2D eigenvalue weighted by Gasteiger charge is -2.22. The summed E-state index contributed by atoms with van der Waals surface area (Å²) in [4.78, 5) is 26.4. The minimum Gasteiger partial charge on any atom is -0.354 e. The fourth-order valence-corrected chi connectivity index (χ4v) is 2.18. The van der Waals surface area contributed by atoms with E-state index in [9.17, 15) is 18.4 Å². The fourth-order valence-electron chi connectivity index (χ4n) is 2.18. The molecule has 0 spiro atoms. The van der Waals surface area contributed by atoms with Crippen molar-refractivity contribution >= 4 is 11.8 Å². The molecule has 1 aromatic carbocycles. The van der Waals surface area contributed by atoms with Crippen LogP contribution in [-0.4, -0.2) is 49.9 Å². The van der Waals surface area contributed by atoms with E-state index in [-0.39, 0.29) is 11.8 Å². The third-order valence-electron chi connectivity index (χ3n) is 3.51. The van der Waals surface area contributed by atoms with Gasteiger partial charge >= 0.3 is 0 Å². The molecule has 7 heteroatoms. The number of nitrogens with zero attached hydrogens (tertiary/aromatic N) is 1. The Hall–Kier alpha value is -2.02. The van der Waals surface area contributed by atoms with E-state index in [0.717, 1.165) is 25.1 Å². The van der Waals surface area contributed by atoms with Gasteiger partial charge in [-0.3, -0.25) is 9.59 Å². The van der Waals surface area contributed by atoms with E-state index in [0.29, 0.717) is 6.54 Å². The molecule has 0 saturated carbocycles. The molecular formula is C17H25F2N3O2. The monoisotopic (exact) mass is 341 g/mol. The summed E-state index contributed by atoms with van der Waals surface area (Å²) in [6, 6.07) is 2.32. The van der Waals surface area contributed by atoms with Crippen molar-refractivity contribution < 1.29 is 18.4 Å². The summed E-state index contributed by atoms with van der Waals surface area (Å²) in [5, 5.41) is 5.16. The molecule has 2 N–H and O–H groups in total. The number of carbonyl (C=O) groups excluding carboxylic acids is 2. The SMILES string of the molecule is CC(C)C(NC(=O)c1c(F)cccc1F)C(=O)NCCCN(C)C. The second-order valence-corrected chi connectivity index (χ2v) is 6.24. The van der Waals surface area contributed by atoms with Crippen molar-refractivity contribution in [2.24, 2.45) is 5.92 Å². The second-order valence-electron chi connectivity index (χ2n) is 6.24. The molecule has 0 aliphatic carbocycles. The lowest BCUT2D eigenvalue weighted by Crippen LogP contribution is -2.50. The smallest absolute Gasteiger partial charge is 0.257 e. The molecule has 0 bridgehead atoms. The third kappa shape index (κ3) is 5.88. The summed E-state index contributed by atoms with van der Waals surface area (Å²) >= 11 is 0. The number of benzene rings is 1. The Morgan fingerprint density at radius 1 is 1.17 bits per heavy atom. The largest absolute Gasteiger partial charge is 0.354 e. The highest BCUT2D eigenvalue weighted by atomic mass is 19.1. The number of rotatable bonds is 8. The molecule has 0 radical (unpaired) electrons. The summed E-state index contributed by atoms with van der Waals surface area (Å²) in [5.74, 6) is -3.44. The van der Waals surface area contributed by atoms with Gasteiger partial charge in [0.2, 0.25) is 5.91 Å². The van der Waals surface area contributed by atoms with Crippen LogP contribution in [-0.2, 0) is 4.79 Å². The fraction of sp³-hybridized carbons (Fsp3) is 0.529. The minimum atomic E-state index is -0.957. The van der Waals surface area contributed by atoms with Gasteiger partial charge in [0.05, 0.1) is 0 Å². The summed E-state index contributed by atoms with van der Waals surface area (Å²) in [5.41, 5.74) is -0.677. The van der Waals surface area contributed by atoms with Gasteiger partial charge in [-0.15, -0.1) is 0 Å². The van der Waals surface area contributed by atoms with Crippen LogP contribution < -0.4 is 10.6 Å². The van der Waals surface area contributed by atoms with Crippen molar-refractivity contribution in [1.29, 1.82) is 0 Å². The number of halogens is 2. The van der Waals surface area contributed by atoms with Gasteiger partial charge < -0.3 is 15.5 Å². The van der Waals surface area contributed by atoms with Crippen molar-refractivity contribution in [3.63, 3.8) is 0 Å². The quantitative estimate of drug-likeness (QED) is 0.709. The molecule has 0 aliphatic rings. The maximum atomic E-state index is 13.7.